The molecule has 100 valence electrons. The zero-order chi connectivity index (χ0) is 13.7. The quantitative estimate of drug-likeness (QED) is 0.725. The number of rotatable bonds is 5. The Morgan fingerprint density at radius 3 is 2.56 bits per heavy atom. The van der Waals surface area contributed by atoms with E-state index >= 15 is 0 Å². The molecule has 0 aromatic heterocycles. The topological polar surface area (TPSA) is 84.6 Å². The molecule has 1 amide bonds. The molecule has 0 saturated heterocycles. The Bertz CT molecular complexity index is 417. The molecule has 1 aromatic rings. The van der Waals surface area contributed by atoms with Crippen LogP contribution in [0.15, 0.2) is 12.1 Å². The molecule has 0 spiro atoms. The van der Waals surface area contributed by atoms with Crippen molar-refractivity contribution in [3.05, 3.63) is 22.2 Å². The lowest BCUT2D eigenvalue weighted by Gasteiger charge is -2.12. The van der Waals surface area contributed by atoms with E-state index < -0.39 is 6.04 Å². The lowest BCUT2D eigenvalue weighted by molar-refractivity contribution is -0.117. The van der Waals surface area contributed by atoms with Gasteiger partial charge < -0.3 is 20.9 Å². The highest BCUT2D eigenvalue weighted by atomic mass is 35.5. The van der Waals surface area contributed by atoms with Gasteiger partial charge in [-0.25, -0.2) is 0 Å². The van der Waals surface area contributed by atoms with E-state index in [1.807, 2.05) is 0 Å². The van der Waals surface area contributed by atoms with E-state index in [0.717, 1.165) is 0 Å². The highest BCUT2D eigenvalue weighted by Crippen LogP contribution is 2.34. The van der Waals surface area contributed by atoms with Gasteiger partial charge in [-0.1, -0.05) is 23.2 Å². The van der Waals surface area contributed by atoms with E-state index in [0.29, 0.717) is 18.7 Å². The number of amides is 1. The van der Waals surface area contributed by atoms with Crippen molar-refractivity contribution in [1.82, 2.24) is 0 Å². The van der Waals surface area contributed by atoms with Crippen LogP contribution in [0.4, 0.5) is 5.69 Å². The maximum Gasteiger partial charge on any atom is 0.241 e. The summed E-state index contributed by atoms with van der Waals surface area (Å²) in [5.74, 6) is -0.593. The maximum absolute atomic E-state index is 11.7. The van der Waals surface area contributed by atoms with E-state index in [9.17, 15) is 9.90 Å². The Labute approximate surface area is 115 Å². The van der Waals surface area contributed by atoms with Gasteiger partial charge in [-0.05, 0) is 18.6 Å². The molecule has 5 nitrogen and oxygen atoms in total. The van der Waals surface area contributed by atoms with Crippen LogP contribution >= 0.6 is 23.2 Å². The van der Waals surface area contributed by atoms with Crippen molar-refractivity contribution in [1.29, 1.82) is 0 Å². The third-order valence-corrected chi connectivity index (χ3v) is 2.83. The van der Waals surface area contributed by atoms with E-state index in [2.05, 4.69) is 5.32 Å². The number of anilines is 1. The summed E-state index contributed by atoms with van der Waals surface area (Å²) in [4.78, 5) is 11.7. The first-order chi connectivity index (χ1) is 8.45. The zero-order valence-electron chi connectivity index (χ0n) is 9.74. The molecule has 0 aliphatic heterocycles. The highest BCUT2D eigenvalue weighted by molar-refractivity contribution is 6.37. The monoisotopic (exact) mass is 292 g/mol. The van der Waals surface area contributed by atoms with Crippen LogP contribution in [-0.2, 0) is 9.53 Å². The molecular formula is C11H14Cl2N2O3. The second kappa shape index (κ2) is 6.80. The Hall–Kier alpha value is -1.01. The van der Waals surface area contributed by atoms with Crippen LogP contribution in [0.1, 0.15) is 6.42 Å². The minimum Gasteiger partial charge on any atom is -0.505 e. The lowest BCUT2D eigenvalue weighted by atomic mass is 10.2. The third-order valence-electron chi connectivity index (χ3n) is 2.25. The van der Waals surface area contributed by atoms with Crippen molar-refractivity contribution in [3.8, 4) is 5.75 Å². The number of aromatic hydroxyl groups is 1. The fraction of sp³-hybridized carbons (Fsp3) is 0.364. The molecule has 1 rings (SSSR count). The minimum absolute atomic E-state index is 0.0586. The van der Waals surface area contributed by atoms with Crippen LogP contribution in [0.5, 0.6) is 5.75 Å². The zero-order valence-corrected chi connectivity index (χ0v) is 11.3. The van der Waals surface area contributed by atoms with E-state index in [1.54, 1.807) is 0 Å². The van der Waals surface area contributed by atoms with Crippen LogP contribution in [-0.4, -0.2) is 30.8 Å². The Kier molecular flexibility index (Phi) is 5.68. The predicted octanol–water partition coefficient (Wildman–Crippen LogP) is 2.00. The number of halogens is 2. The second-order valence-electron chi connectivity index (χ2n) is 3.67. The molecule has 18 heavy (non-hydrogen) atoms. The van der Waals surface area contributed by atoms with Gasteiger partial charge in [0.25, 0.3) is 0 Å². The maximum atomic E-state index is 11.7. The fourth-order valence-electron chi connectivity index (χ4n) is 1.25. The number of hydrogen-bond donors (Lipinski definition) is 3. The number of nitrogens with two attached hydrogens (primary N) is 1. The number of phenols is 1. The number of methoxy groups -OCH3 is 1. The van der Waals surface area contributed by atoms with Gasteiger partial charge in [0, 0.05) is 19.4 Å². The molecule has 7 heteroatoms. The van der Waals surface area contributed by atoms with Crippen molar-refractivity contribution in [2.24, 2.45) is 5.73 Å². The van der Waals surface area contributed by atoms with Crippen molar-refractivity contribution >= 4 is 34.8 Å². The normalized spacial score (nSPS) is 12.2. The number of nitrogens with one attached hydrogen (secondary N) is 1. The lowest BCUT2D eigenvalue weighted by Crippen LogP contribution is -2.36. The van der Waals surface area contributed by atoms with E-state index in [-0.39, 0.29) is 21.7 Å². The molecular weight excluding hydrogens is 279 g/mol. The summed E-state index contributed by atoms with van der Waals surface area (Å²) in [6.07, 6.45) is 0.405. The van der Waals surface area contributed by atoms with Crippen molar-refractivity contribution < 1.29 is 14.6 Å². The van der Waals surface area contributed by atoms with Crippen molar-refractivity contribution in [2.45, 2.75) is 12.5 Å². The first-order valence-corrected chi connectivity index (χ1v) is 5.94. The summed E-state index contributed by atoms with van der Waals surface area (Å²) >= 11 is 11.5. The molecule has 0 heterocycles. The number of ether oxygens (including phenoxy) is 1. The van der Waals surface area contributed by atoms with Crippen LogP contribution in [0, 0.1) is 0 Å². The molecule has 4 N–H and O–H groups in total. The molecule has 1 atom stereocenters. The Balaban J connectivity index is 2.70. The average molecular weight is 293 g/mol. The number of hydrogen-bond acceptors (Lipinski definition) is 4. The summed E-state index contributed by atoms with van der Waals surface area (Å²) in [5, 5.41) is 12.0. The second-order valence-corrected chi connectivity index (χ2v) is 4.48. The largest absolute Gasteiger partial charge is 0.505 e. The van der Waals surface area contributed by atoms with Gasteiger partial charge in [-0.3, -0.25) is 4.79 Å². The van der Waals surface area contributed by atoms with Crippen LogP contribution in [0.25, 0.3) is 0 Å². The summed E-state index contributed by atoms with van der Waals surface area (Å²) in [6, 6.07) is 2.10. The number of phenolic OH excluding ortho intramolecular Hbond substituents is 1. The predicted molar refractivity (Wildman–Crippen MR) is 71.2 cm³/mol. The molecule has 0 aliphatic rings. The molecule has 0 saturated carbocycles. The van der Waals surface area contributed by atoms with Gasteiger partial charge in [0.2, 0.25) is 5.91 Å². The number of carbonyl (C=O) groups excluding carboxylic acids is 1. The smallest absolute Gasteiger partial charge is 0.241 e. The van der Waals surface area contributed by atoms with Crippen LogP contribution in [0.3, 0.4) is 0 Å². The van der Waals surface area contributed by atoms with E-state index in [4.69, 9.17) is 33.7 Å². The molecule has 1 aromatic carbocycles. The van der Waals surface area contributed by atoms with Gasteiger partial charge in [0.15, 0.2) is 5.75 Å². The summed E-state index contributed by atoms with van der Waals surface area (Å²) in [7, 11) is 1.53. The molecule has 0 bridgehead atoms. The molecule has 0 radical (unpaired) electrons. The van der Waals surface area contributed by atoms with Crippen LogP contribution < -0.4 is 11.1 Å². The number of carbonyl (C=O) groups is 1. The van der Waals surface area contributed by atoms with Crippen molar-refractivity contribution in [3.63, 3.8) is 0 Å². The summed E-state index contributed by atoms with van der Waals surface area (Å²) in [5.41, 5.74) is 6.03. The minimum atomic E-state index is -0.684. The summed E-state index contributed by atoms with van der Waals surface area (Å²) in [6.45, 7) is 0.395. The van der Waals surface area contributed by atoms with Gasteiger partial charge in [-0.15, -0.1) is 0 Å². The van der Waals surface area contributed by atoms with Gasteiger partial charge in [0.1, 0.15) is 0 Å². The average Bonchev–Trinajstić information content (AvgIpc) is 2.32. The Morgan fingerprint density at radius 2 is 2.06 bits per heavy atom. The standard InChI is InChI=1S/C11H14Cl2N2O3/c1-18-3-2-9(14)11(17)15-6-4-7(12)10(16)8(13)5-6/h4-5,9,16H,2-3,14H2,1H3,(H,15,17). The molecule has 0 fully saturated rings. The SMILES string of the molecule is COCCC(N)C(=O)Nc1cc(Cl)c(O)c(Cl)c1. The van der Waals surface area contributed by atoms with Gasteiger partial charge in [-0.2, -0.15) is 0 Å². The van der Waals surface area contributed by atoms with Gasteiger partial charge in [0.05, 0.1) is 16.1 Å². The molecule has 0 aliphatic carbocycles. The van der Waals surface area contributed by atoms with Crippen LogP contribution in [0.2, 0.25) is 10.0 Å². The van der Waals surface area contributed by atoms with Crippen molar-refractivity contribution in [2.75, 3.05) is 19.0 Å². The first-order valence-electron chi connectivity index (χ1n) is 5.19. The van der Waals surface area contributed by atoms with E-state index in [1.165, 1.54) is 19.2 Å². The number of benzene rings is 1. The first kappa shape index (κ1) is 15.0. The fourth-order valence-corrected chi connectivity index (χ4v) is 1.74. The molecule has 1 unspecified atom stereocenters. The highest BCUT2D eigenvalue weighted by Gasteiger charge is 2.14. The third kappa shape index (κ3) is 4.03. The Morgan fingerprint density at radius 1 is 1.50 bits per heavy atom. The van der Waals surface area contributed by atoms with Gasteiger partial charge >= 0.3 is 0 Å². The summed E-state index contributed by atoms with van der Waals surface area (Å²) < 4.78 is 4.83.